The third-order valence-electron chi connectivity index (χ3n) is 4.45. The number of nitrogens with one attached hydrogen (secondary N) is 2. The van der Waals surface area contributed by atoms with E-state index in [0.29, 0.717) is 5.92 Å². The minimum atomic E-state index is -0.0319. The molecule has 3 nitrogen and oxygen atoms in total. The Morgan fingerprint density at radius 1 is 1.18 bits per heavy atom. The third kappa shape index (κ3) is 6.83. The molecule has 1 aromatic carbocycles. The summed E-state index contributed by atoms with van der Waals surface area (Å²) < 4.78 is 0. The molecule has 0 radical (unpaired) electrons. The van der Waals surface area contributed by atoms with Gasteiger partial charge in [0.25, 0.3) is 0 Å². The Bertz CT molecular complexity index is 756. The van der Waals surface area contributed by atoms with Crippen LogP contribution in [-0.2, 0) is 0 Å². The van der Waals surface area contributed by atoms with Crippen LogP contribution in [-0.4, -0.2) is 5.84 Å². The van der Waals surface area contributed by atoms with Gasteiger partial charge in [0.2, 0.25) is 0 Å². The topological polar surface area (TPSA) is 36.4 Å². The number of nitrogens with zero attached hydrogens (tertiary/aromatic N) is 1. The van der Waals surface area contributed by atoms with Gasteiger partial charge in [0.1, 0.15) is 12.0 Å². The van der Waals surface area contributed by atoms with Crippen molar-refractivity contribution in [3.8, 4) is 0 Å². The molecule has 2 N–H and O–H groups in total. The first kappa shape index (κ1) is 22.2. The van der Waals surface area contributed by atoms with Crippen LogP contribution in [0.25, 0.3) is 0 Å². The summed E-state index contributed by atoms with van der Waals surface area (Å²) in [6.07, 6.45) is 7.72. The zero-order chi connectivity index (χ0) is 20.4. The lowest BCUT2D eigenvalue weighted by Crippen LogP contribution is -2.29. The fraction of sp³-hybridized carbons (Fsp3) is 0.458. The smallest absolute Gasteiger partial charge is 0.147 e. The fourth-order valence-corrected chi connectivity index (χ4v) is 3.79. The van der Waals surface area contributed by atoms with Gasteiger partial charge in [-0.05, 0) is 41.8 Å². The number of thiophene rings is 1. The molecule has 1 aromatic heterocycles. The van der Waals surface area contributed by atoms with Crippen molar-refractivity contribution in [1.82, 2.24) is 5.32 Å². The van der Waals surface area contributed by atoms with Gasteiger partial charge < -0.3 is 10.6 Å². The van der Waals surface area contributed by atoms with Crippen molar-refractivity contribution in [3.05, 3.63) is 64.0 Å². The normalized spacial score (nSPS) is 15.9. The number of hydrogen-bond acceptors (Lipinski definition) is 4. The zero-order valence-corrected chi connectivity index (χ0v) is 18.8. The van der Waals surface area contributed by atoms with Crippen LogP contribution >= 0.6 is 11.3 Å². The van der Waals surface area contributed by atoms with E-state index in [-0.39, 0.29) is 6.17 Å². The summed E-state index contributed by atoms with van der Waals surface area (Å²) in [6, 6.07) is 10.4. The molecule has 0 saturated heterocycles. The van der Waals surface area contributed by atoms with E-state index in [1.807, 2.05) is 6.07 Å². The number of aliphatic imine (C=N–C) groups is 1. The van der Waals surface area contributed by atoms with Gasteiger partial charge in [-0.25, -0.2) is 4.99 Å². The lowest BCUT2D eigenvalue weighted by atomic mass is 10.1. The summed E-state index contributed by atoms with van der Waals surface area (Å²) in [5.74, 6) is 1.44. The van der Waals surface area contributed by atoms with Gasteiger partial charge in [-0.2, -0.15) is 11.3 Å². The first-order chi connectivity index (χ1) is 13.5. The second-order valence-electron chi connectivity index (χ2n) is 7.55. The van der Waals surface area contributed by atoms with Crippen molar-refractivity contribution in [2.75, 3.05) is 5.32 Å². The molecule has 2 aromatic rings. The molecule has 0 spiro atoms. The summed E-state index contributed by atoms with van der Waals surface area (Å²) in [6.45, 7) is 10.9. The highest BCUT2D eigenvalue weighted by Gasteiger charge is 2.21. The molecule has 152 valence electrons. The summed E-state index contributed by atoms with van der Waals surface area (Å²) in [5, 5.41) is 11.2. The molecule has 4 heteroatoms. The zero-order valence-electron chi connectivity index (χ0n) is 18.0. The number of anilines is 1. The van der Waals surface area contributed by atoms with E-state index in [1.54, 1.807) is 11.3 Å². The van der Waals surface area contributed by atoms with Crippen LogP contribution in [0.5, 0.6) is 0 Å². The minimum Gasteiger partial charge on any atom is -0.359 e. The Morgan fingerprint density at radius 2 is 1.89 bits per heavy atom. The van der Waals surface area contributed by atoms with Crippen molar-refractivity contribution >= 4 is 22.9 Å². The highest BCUT2D eigenvalue weighted by Crippen LogP contribution is 2.30. The predicted molar refractivity (Wildman–Crippen MR) is 125 cm³/mol. The lowest BCUT2D eigenvalue weighted by molar-refractivity contribution is 0.702. The number of rotatable bonds is 6. The Morgan fingerprint density at radius 3 is 2.50 bits per heavy atom. The molecule has 1 aliphatic heterocycles. The predicted octanol–water partition coefficient (Wildman–Crippen LogP) is 7.36. The van der Waals surface area contributed by atoms with Gasteiger partial charge in [0.05, 0.1) is 0 Å². The van der Waals surface area contributed by atoms with Crippen LogP contribution in [0.2, 0.25) is 0 Å². The summed E-state index contributed by atoms with van der Waals surface area (Å²) in [5.41, 5.74) is 4.57. The van der Waals surface area contributed by atoms with Crippen LogP contribution in [0.1, 0.15) is 77.6 Å². The number of para-hydroxylation sites is 1. The molecule has 1 atom stereocenters. The summed E-state index contributed by atoms with van der Waals surface area (Å²) >= 11 is 1.70. The van der Waals surface area contributed by atoms with Gasteiger partial charge in [-0.1, -0.05) is 71.6 Å². The second kappa shape index (κ2) is 11.7. The van der Waals surface area contributed by atoms with Gasteiger partial charge in [0, 0.05) is 22.5 Å². The van der Waals surface area contributed by atoms with Crippen LogP contribution in [0, 0.1) is 5.92 Å². The maximum absolute atomic E-state index is 4.87. The van der Waals surface area contributed by atoms with E-state index >= 15 is 0 Å². The van der Waals surface area contributed by atoms with E-state index in [2.05, 4.69) is 86.4 Å². The Kier molecular flexibility index (Phi) is 9.29. The molecular formula is C24H35N3S. The lowest BCUT2D eigenvalue weighted by Gasteiger charge is -2.26. The van der Waals surface area contributed by atoms with Crippen LogP contribution in [0.3, 0.4) is 0 Å². The molecule has 1 aliphatic rings. The summed E-state index contributed by atoms with van der Waals surface area (Å²) in [4.78, 5) is 4.87. The van der Waals surface area contributed by atoms with Crippen LogP contribution in [0.4, 0.5) is 5.69 Å². The second-order valence-corrected chi connectivity index (χ2v) is 8.33. The molecule has 0 amide bonds. The van der Waals surface area contributed by atoms with E-state index in [4.69, 9.17) is 4.99 Å². The highest BCUT2D eigenvalue weighted by molar-refractivity contribution is 7.08. The number of benzene rings is 1. The van der Waals surface area contributed by atoms with Gasteiger partial charge in [-0.15, -0.1) is 0 Å². The monoisotopic (exact) mass is 397 g/mol. The maximum Gasteiger partial charge on any atom is 0.147 e. The van der Waals surface area contributed by atoms with Gasteiger partial charge >= 0.3 is 0 Å². The van der Waals surface area contributed by atoms with E-state index in [0.717, 1.165) is 22.8 Å². The molecule has 0 aliphatic carbocycles. The molecule has 1 unspecified atom stereocenters. The first-order valence-corrected chi connectivity index (χ1v) is 11.4. The van der Waals surface area contributed by atoms with E-state index < -0.39 is 0 Å². The average Bonchev–Trinajstić information content (AvgIpc) is 3.21. The number of amidine groups is 1. The quantitative estimate of drug-likeness (QED) is 0.500. The number of allylic oxidation sites excluding steroid dienone is 2. The van der Waals surface area contributed by atoms with Gasteiger partial charge in [0.15, 0.2) is 0 Å². The van der Waals surface area contributed by atoms with E-state index in [9.17, 15) is 0 Å². The Hall–Kier alpha value is -2.07. The molecule has 3 rings (SSSR count). The Labute approximate surface area is 175 Å². The molecule has 28 heavy (non-hydrogen) atoms. The molecule has 0 fully saturated rings. The standard InChI is InChI=1S/C18H21N3S.C6H14/c1-12(2)10-13(3)19-18-15-6-4-5-7-16(15)20-17(21-18)14-8-9-22-11-14;1-3-5-6-4-2/h4-12,17,20H,1-3H3,(H,19,21);3-6H2,1-2H3/b13-10+;. The molecule has 0 saturated carbocycles. The van der Waals surface area contributed by atoms with Crippen LogP contribution in [0.15, 0.2) is 57.9 Å². The number of unbranched alkanes of at least 4 members (excludes halogenated alkanes) is 3. The minimum absolute atomic E-state index is 0.0319. The average molecular weight is 398 g/mol. The van der Waals surface area contributed by atoms with Crippen molar-refractivity contribution in [1.29, 1.82) is 0 Å². The van der Waals surface area contributed by atoms with Crippen molar-refractivity contribution in [3.63, 3.8) is 0 Å². The maximum atomic E-state index is 4.87. The first-order valence-electron chi connectivity index (χ1n) is 10.5. The molecule has 0 bridgehead atoms. The molecule has 2 heterocycles. The summed E-state index contributed by atoms with van der Waals surface area (Å²) in [7, 11) is 0. The highest BCUT2D eigenvalue weighted by atomic mass is 32.1. The third-order valence-corrected chi connectivity index (χ3v) is 5.15. The Balaban J connectivity index is 0.000000409. The van der Waals surface area contributed by atoms with Crippen LogP contribution < -0.4 is 10.6 Å². The largest absolute Gasteiger partial charge is 0.359 e. The fourth-order valence-electron chi connectivity index (χ4n) is 3.11. The number of hydrogen-bond donors (Lipinski definition) is 2. The van der Waals surface area contributed by atoms with Gasteiger partial charge in [-0.3, -0.25) is 0 Å². The SMILES string of the molecule is C/C(=C\C(C)C)NC1=NC(c2ccsc2)Nc2ccccc21.CCCCCC. The van der Waals surface area contributed by atoms with Crippen molar-refractivity contribution in [2.24, 2.45) is 10.9 Å². The number of fused-ring (bicyclic) bond motifs is 1. The van der Waals surface area contributed by atoms with E-state index in [1.165, 1.54) is 31.2 Å². The van der Waals surface area contributed by atoms with Crippen molar-refractivity contribution < 1.29 is 0 Å². The molecular weight excluding hydrogens is 362 g/mol. The van der Waals surface area contributed by atoms with Crippen molar-refractivity contribution in [2.45, 2.75) is 66.5 Å².